The summed E-state index contributed by atoms with van der Waals surface area (Å²) in [4.78, 5) is 62.9. The van der Waals surface area contributed by atoms with Crippen molar-refractivity contribution in [1.29, 1.82) is 0 Å². The molecular formula is C23H19N3O6. The predicted molar refractivity (Wildman–Crippen MR) is 112 cm³/mol. The van der Waals surface area contributed by atoms with Crippen LogP contribution in [0.5, 0.6) is 0 Å². The van der Waals surface area contributed by atoms with Gasteiger partial charge >= 0.3 is 0 Å². The van der Waals surface area contributed by atoms with Crippen molar-refractivity contribution in [3.63, 3.8) is 0 Å². The first-order chi connectivity index (χ1) is 15.4. The molecule has 0 aromatic heterocycles. The number of amides is 3. The van der Waals surface area contributed by atoms with E-state index in [4.69, 9.17) is 0 Å². The third-order valence-electron chi connectivity index (χ3n) is 5.65. The van der Waals surface area contributed by atoms with Crippen LogP contribution in [0.1, 0.15) is 33.6 Å². The van der Waals surface area contributed by atoms with Gasteiger partial charge in [-0.1, -0.05) is 48.6 Å². The Morgan fingerprint density at radius 1 is 0.938 bits per heavy atom. The van der Waals surface area contributed by atoms with E-state index in [2.05, 4.69) is 0 Å². The molecule has 9 nitrogen and oxygen atoms in total. The molecule has 0 bridgehead atoms. The fourth-order valence-corrected chi connectivity index (χ4v) is 4.01. The Kier molecular flexibility index (Phi) is 5.63. The maximum absolute atomic E-state index is 13.4. The quantitative estimate of drug-likeness (QED) is 0.227. The molecule has 1 aliphatic heterocycles. The van der Waals surface area contributed by atoms with E-state index in [0.29, 0.717) is 18.4 Å². The van der Waals surface area contributed by atoms with E-state index in [1.54, 1.807) is 30.3 Å². The van der Waals surface area contributed by atoms with Crippen LogP contribution in [0, 0.1) is 22.0 Å². The minimum absolute atomic E-state index is 0.103. The van der Waals surface area contributed by atoms with Gasteiger partial charge in [-0.2, -0.15) is 5.01 Å². The van der Waals surface area contributed by atoms with Crippen LogP contribution in [0.3, 0.4) is 0 Å². The number of ketones is 1. The fourth-order valence-electron chi connectivity index (χ4n) is 4.01. The number of hydrazine groups is 1. The molecule has 1 saturated heterocycles. The Balaban J connectivity index is 1.71. The largest absolute Gasteiger partial charge is 0.292 e. The van der Waals surface area contributed by atoms with Crippen LogP contribution in [0.15, 0.2) is 66.7 Å². The van der Waals surface area contributed by atoms with Crippen LogP contribution in [0.4, 0.5) is 5.69 Å². The molecule has 0 spiro atoms. The second-order valence-corrected chi connectivity index (χ2v) is 7.60. The molecular weight excluding hydrogens is 414 g/mol. The monoisotopic (exact) mass is 433 g/mol. The van der Waals surface area contributed by atoms with E-state index in [0.717, 1.165) is 16.1 Å². The molecule has 162 valence electrons. The van der Waals surface area contributed by atoms with Crippen molar-refractivity contribution in [2.45, 2.75) is 12.8 Å². The van der Waals surface area contributed by atoms with Gasteiger partial charge in [-0.05, 0) is 18.9 Å². The van der Waals surface area contributed by atoms with Gasteiger partial charge in [-0.25, -0.2) is 5.01 Å². The summed E-state index contributed by atoms with van der Waals surface area (Å²) >= 11 is 0. The first-order valence-electron chi connectivity index (χ1n) is 10.1. The Morgan fingerprint density at radius 2 is 1.53 bits per heavy atom. The lowest BCUT2D eigenvalue weighted by atomic mass is 9.85. The normalized spacial score (nSPS) is 19.6. The second kappa shape index (κ2) is 8.54. The van der Waals surface area contributed by atoms with Gasteiger partial charge in [0.25, 0.3) is 23.4 Å². The highest BCUT2D eigenvalue weighted by Gasteiger charge is 2.51. The van der Waals surface area contributed by atoms with Gasteiger partial charge in [0.05, 0.1) is 16.8 Å². The second-order valence-electron chi connectivity index (χ2n) is 7.60. The van der Waals surface area contributed by atoms with Crippen LogP contribution >= 0.6 is 0 Å². The first kappa shape index (κ1) is 21.1. The maximum atomic E-state index is 13.4. The van der Waals surface area contributed by atoms with Gasteiger partial charge in [0, 0.05) is 23.3 Å². The van der Waals surface area contributed by atoms with Crippen LogP contribution in [-0.2, 0) is 9.59 Å². The lowest BCUT2D eigenvalue weighted by Crippen LogP contribution is -2.52. The van der Waals surface area contributed by atoms with Crippen molar-refractivity contribution in [1.82, 2.24) is 10.0 Å². The van der Waals surface area contributed by atoms with Gasteiger partial charge in [-0.3, -0.25) is 29.3 Å². The smallest absolute Gasteiger partial charge is 0.273 e. The number of Topliss-reactive ketones (excluding diaryl/α,β-unsaturated/α-hetero) is 1. The SMILES string of the molecule is O=C(CN(C(=O)c1cccc([N+](=O)[O-])c1)N1C(=O)[C@H]2CC=CC[C@@H]2C1=O)c1ccccc1. The maximum Gasteiger partial charge on any atom is 0.273 e. The van der Waals surface area contributed by atoms with Crippen molar-refractivity contribution in [3.05, 3.63) is 88.0 Å². The summed E-state index contributed by atoms with van der Waals surface area (Å²) in [7, 11) is 0. The summed E-state index contributed by atoms with van der Waals surface area (Å²) in [6.07, 6.45) is 4.38. The molecule has 9 heteroatoms. The van der Waals surface area contributed by atoms with E-state index < -0.39 is 46.8 Å². The highest BCUT2D eigenvalue weighted by Crippen LogP contribution is 2.36. The number of imide groups is 1. The number of non-ortho nitro benzene ring substituents is 1. The summed E-state index contributed by atoms with van der Waals surface area (Å²) in [6, 6.07) is 13.1. The molecule has 4 rings (SSSR count). The van der Waals surface area contributed by atoms with Crippen LogP contribution < -0.4 is 0 Å². The summed E-state index contributed by atoms with van der Waals surface area (Å²) in [5, 5.41) is 12.7. The number of fused-ring (bicyclic) bond motifs is 1. The third kappa shape index (κ3) is 3.80. The molecule has 0 unspecified atom stereocenters. The first-order valence-corrected chi connectivity index (χ1v) is 10.1. The molecule has 2 aromatic carbocycles. The van der Waals surface area contributed by atoms with E-state index in [1.165, 1.54) is 18.2 Å². The lowest BCUT2D eigenvalue weighted by molar-refractivity contribution is -0.384. The number of hydrogen-bond donors (Lipinski definition) is 0. The van der Waals surface area contributed by atoms with E-state index in [1.807, 2.05) is 12.2 Å². The summed E-state index contributed by atoms with van der Waals surface area (Å²) in [6.45, 7) is -0.560. The number of hydrogen-bond acceptors (Lipinski definition) is 6. The Labute approximate surface area is 183 Å². The molecule has 2 atom stereocenters. The van der Waals surface area contributed by atoms with Crippen molar-refractivity contribution in [2.24, 2.45) is 11.8 Å². The van der Waals surface area contributed by atoms with E-state index in [9.17, 15) is 29.3 Å². The molecule has 32 heavy (non-hydrogen) atoms. The minimum Gasteiger partial charge on any atom is -0.292 e. The standard InChI is InChI=1S/C23H19N3O6/c27-20(15-7-2-1-3-8-15)14-24(21(28)16-9-6-10-17(13-16)26(31)32)25-22(29)18-11-4-5-12-19(18)23(25)30/h1-10,13,18-19H,11-12,14H2/t18-,19-/m0/s1. The Morgan fingerprint density at radius 3 is 2.12 bits per heavy atom. The average molecular weight is 433 g/mol. The van der Waals surface area contributed by atoms with E-state index >= 15 is 0 Å². The van der Waals surface area contributed by atoms with Crippen molar-refractivity contribution < 1.29 is 24.1 Å². The van der Waals surface area contributed by atoms with Crippen LogP contribution in [0.25, 0.3) is 0 Å². The molecule has 1 heterocycles. The van der Waals surface area contributed by atoms with Crippen molar-refractivity contribution >= 4 is 29.2 Å². The zero-order valence-corrected chi connectivity index (χ0v) is 16.9. The van der Waals surface area contributed by atoms with Gasteiger partial charge in [0.15, 0.2) is 5.78 Å². The van der Waals surface area contributed by atoms with Gasteiger partial charge in [0.2, 0.25) is 0 Å². The van der Waals surface area contributed by atoms with Crippen LogP contribution in [0.2, 0.25) is 0 Å². The number of benzene rings is 2. The van der Waals surface area contributed by atoms with Crippen molar-refractivity contribution in [3.8, 4) is 0 Å². The Hall–Kier alpha value is -4.14. The molecule has 3 amide bonds. The number of carbonyl (C=O) groups is 4. The Bertz CT molecular complexity index is 1120. The van der Waals surface area contributed by atoms with Gasteiger partial charge in [-0.15, -0.1) is 0 Å². The number of rotatable bonds is 6. The highest BCUT2D eigenvalue weighted by molar-refractivity contribution is 6.09. The third-order valence-corrected chi connectivity index (χ3v) is 5.65. The van der Waals surface area contributed by atoms with Gasteiger partial charge in [0.1, 0.15) is 6.54 Å². The number of nitro groups is 1. The van der Waals surface area contributed by atoms with E-state index in [-0.39, 0.29) is 11.3 Å². The topological polar surface area (TPSA) is 118 Å². The van der Waals surface area contributed by atoms with Crippen molar-refractivity contribution in [2.75, 3.05) is 6.54 Å². The fraction of sp³-hybridized carbons (Fsp3) is 0.217. The number of nitrogens with zero attached hydrogens (tertiary/aromatic N) is 3. The summed E-state index contributed by atoms with van der Waals surface area (Å²) in [5.74, 6) is -3.61. The highest BCUT2D eigenvalue weighted by atomic mass is 16.6. The molecule has 2 aliphatic rings. The molecule has 0 saturated carbocycles. The number of nitro benzene ring substituents is 1. The summed E-state index contributed by atoms with van der Waals surface area (Å²) in [5.41, 5.74) is -0.113. The van der Waals surface area contributed by atoms with Crippen LogP contribution in [-0.4, -0.2) is 45.0 Å². The molecule has 0 radical (unpaired) electrons. The number of carbonyl (C=O) groups excluding carboxylic acids is 4. The zero-order chi connectivity index (χ0) is 22.8. The predicted octanol–water partition coefficient (Wildman–Crippen LogP) is 2.79. The molecule has 0 N–H and O–H groups in total. The molecule has 1 aliphatic carbocycles. The lowest BCUT2D eigenvalue weighted by Gasteiger charge is -2.30. The number of allylic oxidation sites excluding steroid dienone is 2. The van der Waals surface area contributed by atoms with Gasteiger partial charge < -0.3 is 0 Å². The minimum atomic E-state index is -0.841. The zero-order valence-electron chi connectivity index (χ0n) is 16.9. The molecule has 2 aromatic rings. The molecule has 1 fully saturated rings. The average Bonchev–Trinajstić information content (AvgIpc) is 3.07. The summed E-state index contributed by atoms with van der Waals surface area (Å²) < 4.78 is 0.